The molecule has 1 fully saturated rings. The third-order valence-electron chi connectivity index (χ3n) is 3.56. The topological polar surface area (TPSA) is 49.8 Å². The van der Waals surface area contributed by atoms with Gasteiger partial charge in [-0.1, -0.05) is 12.2 Å². The molecule has 1 aliphatic carbocycles. The van der Waals surface area contributed by atoms with Gasteiger partial charge in [0, 0.05) is 19.6 Å². The Labute approximate surface area is 95.9 Å². The number of likely N-dealkylation sites (tertiary alicyclic amines) is 1. The fourth-order valence-corrected chi connectivity index (χ4v) is 2.54. The van der Waals surface area contributed by atoms with Gasteiger partial charge in [-0.25, -0.2) is 0 Å². The molecule has 1 heterocycles. The van der Waals surface area contributed by atoms with Crippen molar-refractivity contribution in [1.82, 2.24) is 4.90 Å². The molecule has 0 aromatic rings. The van der Waals surface area contributed by atoms with Crippen LogP contribution in [0.1, 0.15) is 19.3 Å². The highest BCUT2D eigenvalue weighted by Gasteiger charge is 2.37. The molecule has 0 saturated carbocycles. The molecule has 0 bridgehead atoms. The second kappa shape index (κ2) is 4.97. The highest BCUT2D eigenvalue weighted by Crippen LogP contribution is 2.26. The molecule has 2 aliphatic rings. The fraction of sp³-hybridized carbons (Fsp3) is 0.750. The molecule has 0 aromatic carbocycles. The molecule has 1 amide bonds. The van der Waals surface area contributed by atoms with Crippen LogP contribution in [0.2, 0.25) is 0 Å². The Kier molecular flexibility index (Phi) is 3.61. The number of aliphatic hydroxyl groups excluding tert-OH is 1. The number of hydrogen-bond acceptors (Lipinski definition) is 3. The molecular formula is C12H19NO3. The summed E-state index contributed by atoms with van der Waals surface area (Å²) < 4.78 is 5.27. The molecule has 1 aliphatic heterocycles. The van der Waals surface area contributed by atoms with Crippen molar-refractivity contribution in [2.75, 3.05) is 20.3 Å². The zero-order chi connectivity index (χ0) is 11.5. The second-order valence-corrected chi connectivity index (χ2v) is 4.56. The van der Waals surface area contributed by atoms with E-state index in [1.54, 1.807) is 12.0 Å². The van der Waals surface area contributed by atoms with E-state index in [-0.39, 0.29) is 30.6 Å². The van der Waals surface area contributed by atoms with E-state index in [0.29, 0.717) is 6.54 Å². The van der Waals surface area contributed by atoms with Gasteiger partial charge in [-0.2, -0.15) is 0 Å². The van der Waals surface area contributed by atoms with E-state index in [9.17, 15) is 9.90 Å². The molecule has 16 heavy (non-hydrogen) atoms. The van der Waals surface area contributed by atoms with Crippen molar-refractivity contribution in [2.45, 2.75) is 31.4 Å². The molecule has 1 saturated heterocycles. The largest absolute Gasteiger partial charge is 0.394 e. The molecule has 0 radical (unpaired) electrons. The normalized spacial score (nSPS) is 30.2. The maximum Gasteiger partial charge on any atom is 0.226 e. The average Bonchev–Trinajstić information content (AvgIpc) is 2.96. The Morgan fingerprint density at radius 2 is 2.19 bits per heavy atom. The van der Waals surface area contributed by atoms with E-state index in [4.69, 9.17) is 4.74 Å². The lowest BCUT2D eigenvalue weighted by atomic mass is 10.1. The third-order valence-corrected chi connectivity index (χ3v) is 3.56. The van der Waals surface area contributed by atoms with Crippen molar-refractivity contribution in [3.8, 4) is 0 Å². The average molecular weight is 225 g/mol. The number of carbonyl (C=O) groups excluding carboxylic acids is 1. The van der Waals surface area contributed by atoms with Crippen molar-refractivity contribution >= 4 is 5.91 Å². The van der Waals surface area contributed by atoms with Crippen LogP contribution in [0.5, 0.6) is 0 Å². The van der Waals surface area contributed by atoms with Crippen molar-refractivity contribution < 1.29 is 14.6 Å². The minimum atomic E-state index is -0.0574. The standard InChI is InChI=1S/C12H19NO3/c1-16-11-6-10(8-14)13(7-11)12(15)9-4-2-3-5-9/h2-3,9-11,14H,4-8H2,1H3/t10-,11-/m0/s1. The lowest BCUT2D eigenvalue weighted by molar-refractivity contribution is -0.137. The number of rotatable bonds is 3. The van der Waals surface area contributed by atoms with Crippen molar-refractivity contribution in [3.05, 3.63) is 12.2 Å². The van der Waals surface area contributed by atoms with E-state index in [1.807, 2.05) is 0 Å². The van der Waals surface area contributed by atoms with Crippen LogP contribution in [0.4, 0.5) is 0 Å². The van der Waals surface area contributed by atoms with Crippen LogP contribution < -0.4 is 0 Å². The first-order chi connectivity index (χ1) is 7.76. The summed E-state index contributed by atoms with van der Waals surface area (Å²) >= 11 is 0. The molecule has 0 aromatic heterocycles. The van der Waals surface area contributed by atoms with Gasteiger partial charge in [-0.15, -0.1) is 0 Å². The van der Waals surface area contributed by atoms with Gasteiger partial charge in [0.2, 0.25) is 5.91 Å². The van der Waals surface area contributed by atoms with Crippen LogP contribution >= 0.6 is 0 Å². The van der Waals surface area contributed by atoms with Crippen LogP contribution in [-0.2, 0) is 9.53 Å². The lowest BCUT2D eigenvalue weighted by Crippen LogP contribution is -2.41. The summed E-state index contributed by atoms with van der Waals surface area (Å²) in [6.07, 6.45) is 6.62. The Bertz CT molecular complexity index is 282. The number of amides is 1. The van der Waals surface area contributed by atoms with E-state index >= 15 is 0 Å². The Morgan fingerprint density at radius 3 is 2.75 bits per heavy atom. The van der Waals surface area contributed by atoms with Crippen LogP contribution in [0.25, 0.3) is 0 Å². The van der Waals surface area contributed by atoms with Gasteiger partial charge in [-0.3, -0.25) is 4.79 Å². The zero-order valence-corrected chi connectivity index (χ0v) is 9.63. The Hall–Kier alpha value is -0.870. The summed E-state index contributed by atoms with van der Waals surface area (Å²) in [4.78, 5) is 14.0. The summed E-state index contributed by atoms with van der Waals surface area (Å²) in [5, 5.41) is 9.28. The van der Waals surface area contributed by atoms with Gasteiger partial charge < -0.3 is 14.7 Å². The third kappa shape index (κ3) is 2.13. The summed E-state index contributed by atoms with van der Waals surface area (Å²) in [7, 11) is 1.66. The molecule has 2 atom stereocenters. The van der Waals surface area contributed by atoms with Gasteiger partial charge in [0.05, 0.1) is 18.8 Å². The number of methoxy groups -OCH3 is 1. The van der Waals surface area contributed by atoms with Crippen LogP contribution in [0.3, 0.4) is 0 Å². The maximum absolute atomic E-state index is 12.2. The molecule has 90 valence electrons. The van der Waals surface area contributed by atoms with Crippen molar-refractivity contribution in [3.63, 3.8) is 0 Å². The number of aliphatic hydroxyl groups is 1. The highest BCUT2D eigenvalue weighted by atomic mass is 16.5. The number of allylic oxidation sites excluding steroid dienone is 2. The maximum atomic E-state index is 12.2. The molecule has 0 spiro atoms. The first kappa shape index (κ1) is 11.6. The number of hydrogen-bond donors (Lipinski definition) is 1. The van der Waals surface area contributed by atoms with Gasteiger partial charge in [0.1, 0.15) is 0 Å². The number of ether oxygens (including phenoxy) is 1. The molecule has 1 N–H and O–H groups in total. The Balaban J connectivity index is 1.99. The quantitative estimate of drug-likeness (QED) is 0.714. The number of nitrogens with zero attached hydrogens (tertiary/aromatic N) is 1. The second-order valence-electron chi connectivity index (χ2n) is 4.56. The van der Waals surface area contributed by atoms with Crippen LogP contribution in [0.15, 0.2) is 12.2 Å². The van der Waals surface area contributed by atoms with Crippen molar-refractivity contribution in [1.29, 1.82) is 0 Å². The first-order valence-electron chi connectivity index (χ1n) is 5.85. The zero-order valence-electron chi connectivity index (χ0n) is 9.63. The predicted octanol–water partition coefficient (Wildman–Crippen LogP) is 0.561. The van der Waals surface area contributed by atoms with E-state index < -0.39 is 0 Å². The summed E-state index contributed by atoms with van der Waals surface area (Å²) in [6, 6.07) is -0.0574. The number of carbonyl (C=O) groups is 1. The minimum absolute atomic E-state index is 0.0335. The molecule has 2 rings (SSSR count). The van der Waals surface area contributed by atoms with E-state index in [2.05, 4.69) is 12.2 Å². The first-order valence-corrected chi connectivity index (χ1v) is 5.85. The van der Waals surface area contributed by atoms with Gasteiger partial charge >= 0.3 is 0 Å². The molecule has 0 unspecified atom stereocenters. The van der Waals surface area contributed by atoms with Gasteiger partial charge in [0.15, 0.2) is 0 Å². The van der Waals surface area contributed by atoms with E-state index in [0.717, 1.165) is 19.3 Å². The highest BCUT2D eigenvalue weighted by molar-refractivity contribution is 5.80. The van der Waals surface area contributed by atoms with Gasteiger partial charge in [0.25, 0.3) is 0 Å². The lowest BCUT2D eigenvalue weighted by Gasteiger charge is -2.25. The summed E-state index contributed by atoms with van der Waals surface area (Å²) in [5.41, 5.74) is 0. The Morgan fingerprint density at radius 1 is 1.50 bits per heavy atom. The summed E-state index contributed by atoms with van der Waals surface area (Å²) in [5.74, 6) is 0.258. The predicted molar refractivity (Wildman–Crippen MR) is 59.9 cm³/mol. The molecule has 4 nitrogen and oxygen atoms in total. The van der Waals surface area contributed by atoms with E-state index in [1.165, 1.54) is 0 Å². The molecular weight excluding hydrogens is 206 g/mol. The van der Waals surface area contributed by atoms with Gasteiger partial charge in [-0.05, 0) is 19.3 Å². The van der Waals surface area contributed by atoms with Crippen LogP contribution in [0, 0.1) is 5.92 Å². The monoisotopic (exact) mass is 225 g/mol. The van der Waals surface area contributed by atoms with Crippen LogP contribution in [-0.4, -0.2) is 48.3 Å². The minimum Gasteiger partial charge on any atom is -0.394 e. The van der Waals surface area contributed by atoms with Crippen molar-refractivity contribution in [2.24, 2.45) is 5.92 Å². The fourth-order valence-electron chi connectivity index (χ4n) is 2.54. The molecule has 4 heteroatoms. The smallest absolute Gasteiger partial charge is 0.226 e. The summed E-state index contributed by atoms with van der Waals surface area (Å²) in [6.45, 7) is 0.656. The SMILES string of the molecule is CO[C@H]1C[C@@H](CO)N(C(=O)C2CC=CC2)C1.